The number of rotatable bonds is 2. The van der Waals surface area contributed by atoms with Crippen molar-refractivity contribution in [2.45, 2.75) is 20.0 Å². The molecule has 0 atom stereocenters. The van der Waals surface area contributed by atoms with Crippen LogP contribution >= 0.6 is 19.7 Å². The van der Waals surface area contributed by atoms with Crippen molar-refractivity contribution < 1.29 is 19.7 Å². The van der Waals surface area contributed by atoms with Gasteiger partial charge in [-0.25, -0.2) is 0 Å². The van der Waals surface area contributed by atoms with Crippen LogP contribution < -0.4 is 0 Å². The minimum absolute atomic E-state index is 0.157. The van der Waals surface area contributed by atoms with E-state index in [1.807, 2.05) is 0 Å². The van der Waals surface area contributed by atoms with Gasteiger partial charge in [0.25, 0.3) is 0 Å². The summed E-state index contributed by atoms with van der Waals surface area (Å²) in [5.41, 5.74) is 0. The van der Waals surface area contributed by atoms with E-state index in [0.717, 1.165) is 0 Å². The first-order valence-corrected chi connectivity index (χ1v) is 7.08. The summed E-state index contributed by atoms with van der Waals surface area (Å²) < 4.78 is 15.0. The van der Waals surface area contributed by atoms with Crippen LogP contribution in [0.5, 0.6) is 0 Å². The molecule has 0 aliphatic heterocycles. The predicted molar refractivity (Wildman–Crippen MR) is 28.6 cm³/mol. The van der Waals surface area contributed by atoms with Gasteiger partial charge in [-0.15, -0.1) is 0 Å². The first kappa shape index (κ1) is 8.92. The molecule has 0 aromatic heterocycles. The van der Waals surface area contributed by atoms with Gasteiger partial charge in [-0.1, -0.05) is 0 Å². The molecule has 0 rings (SSSR count). The number of halogens is 2. The van der Waals surface area contributed by atoms with Crippen LogP contribution in [0, 0.1) is 0 Å². The van der Waals surface area contributed by atoms with Crippen molar-refractivity contribution in [3.63, 3.8) is 0 Å². The molecule has 5 heteroatoms. The van der Waals surface area contributed by atoms with E-state index in [9.17, 15) is 3.67 Å². The molecule has 0 N–H and O–H groups in total. The summed E-state index contributed by atoms with van der Waals surface area (Å²) in [5.74, 6) is 0. The minimum atomic E-state index is -3.82. The van der Waals surface area contributed by atoms with E-state index >= 15 is 0 Å². The third-order valence-electron chi connectivity index (χ3n) is 0.334. The van der Waals surface area contributed by atoms with E-state index < -0.39 is 12.4 Å². The molecular formula is C3H7Cl2O2V. The first-order valence-electron chi connectivity index (χ1n) is 2.09. The van der Waals surface area contributed by atoms with Crippen molar-refractivity contribution in [1.29, 1.82) is 0 Å². The Morgan fingerprint density at radius 2 is 1.88 bits per heavy atom. The third kappa shape index (κ3) is 6.92. The molecule has 8 heavy (non-hydrogen) atoms. The number of hydrogen-bond acceptors (Lipinski definition) is 2. The van der Waals surface area contributed by atoms with Crippen LogP contribution in [0.2, 0.25) is 0 Å². The molecule has 50 valence electrons. The third-order valence-corrected chi connectivity index (χ3v) is 2.03. The monoisotopic (exact) mass is 196 g/mol. The van der Waals surface area contributed by atoms with Gasteiger partial charge in [0, 0.05) is 0 Å². The van der Waals surface area contributed by atoms with E-state index in [2.05, 4.69) is 3.66 Å². The van der Waals surface area contributed by atoms with Crippen LogP contribution in [0.3, 0.4) is 0 Å². The van der Waals surface area contributed by atoms with E-state index in [-0.39, 0.29) is 6.10 Å². The topological polar surface area (TPSA) is 26.3 Å². The standard InChI is InChI=1S/C3H7O.2ClH.O.V/c1-3(2)4;;;;/h3H,1-2H3;2*1H;;/q-1;;;;+3/p-2. The fourth-order valence-corrected chi connectivity index (χ4v) is 2.33. The molecular weight excluding hydrogens is 190 g/mol. The summed E-state index contributed by atoms with van der Waals surface area (Å²) in [7, 11) is 10.2. The maximum absolute atomic E-state index is 10.4. The molecule has 0 fully saturated rings. The van der Waals surface area contributed by atoms with Gasteiger partial charge in [0.15, 0.2) is 0 Å². The zero-order valence-corrected chi connectivity index (χ0v) is 7.51. The van der Waals surface area contributed by atoms with Crippen LogP contribution in [0.1, 0.15) is 13.8 Å². The van der Waals surface area contributed by atoms with Gasteiger partial charge in [-0.05, 0) is 0 Å². The van der Waals surface area contributed by atoms with Gasteiger partial charge < -0.3 is 0 Å². The van der Waals surface area contributed by atoms with Crippen molar-refractivity contribution >= 4 is 19.7 Å². The second kappa shape index (κ2) is 3.18. The Kier molecular flexibility index (Phi) is 3.55. The van der Waals surface area contributed by atoms with Gasteiger partial charge in [0.05, 0.1) is 0 Å². The van der Waals surface area contributed by atoms with E-state index in [1.165, 1.54) is 0 Å². The molecule has 0 saturated carbocycles. The number of hydrogen-bond donors (Lipinski definition) is 0. The summed E-state index contributed by atoms with van der Waals surface area (Å²) in [6.45, 7) is 3.44. The van der Waals surface area contributed by atoms with Gasteiger partial charge in [-0.2, -0.15) is 0 Å². The molecule has 0 heterocycles. The van der Waals surface area contributed by atoms with Gasteiger partial charge in [0.2, 0.25) is 0 Å². The Balaban J connectivity index is 3.56. The molecule has 0 radical (unpaired) electrons. The average Bonchev–Trinajstić information content (AvgIpc) is 1.21. The van der Waals surface area contributed by atoms with Crippen LogP contribution in [0.25, 0.3) is 0 Å². The molecule has 0 aliphatic rings. The Hall–Kier alpha value is 0.924. The second-order valence-electron chi connectivity index (χ2n) is 1.57. The molecule has 0 saturated heterocycles. The predicted octanol–water partition coefficient (Wildman–Crippen LogP) is 2.13. The summed E-state index contributed by atoms with van der Waals surface area (Å²) in [6, 6.07) is 0. The quantitative estimate of drug-likeness (QED) is 0.677. The Morgan fingerprint density at radius 1 is 1.50 bits per heavy atom. The molecule has 0 unspecified atom stereocenters. The molecule has 0 aromatic rings. The van der Waals surface area contributed by atoms with Crippen LogP contribution in [-0.4, -0.2) is 6.10 Å². The van der Waals surface area contributed by atoms with Crippen molar-refractivity contribution in [2.24, 2.45) is 0 Å². The zero-order chi connectivity index (χ0) is 6.78. The molecule has 0 spiro atoms. The second-order valence-corrected chi connectivity index (χ2v) is 7.58. The Labute approximate surface area is 59.5 Å². The Bertz CT molecular complexity index is 108. The van der Waals surface area contributed by atoms with Gasteiger partial charge in [-0.3, -0.25) is 0 Å². The summed E-state index contributed by atoms with van der Waals surface area (Å²) >= 11 is -3.82. The van der Waals surface area contributed by atoms with Crippen molar-refractivity contribution in [1.82, 2.24) is 0 Å². The molecule has 0 aliphatic carbocycles. The Morgan fingerprint density at radius 3 is 1.88 bits per heavy atom. The molecule has 2 nitrogen and oxygen atoms in total. The average molecular weight is 197 g/mol. The SMILES string of the molecule is CC(C)[O][V](=[O])([Cl])[Cl]. The fraction of sp³-hybridized carbons (Fsp3) is 1.00. The van der Waals surface area contributed by atoms with E-state index in [4.69, 9.17) is 19.7 Å². The van der Waals surface area contributed by atoms with E-state index in [0.29, 0.717) is 0 Å². The van der Waals surface area contributed by atoms with Crippen LogP contribution in [0.15, 0.2) is 0 Å². The van der Waals surface area contributed by atoms with E-state index in [1.54, 1.807) is 13.8 Å². The normalized spacial score (nSPS) is 12.6. The fourth-order valence-electron chi connectivity index (χ4n) is 0.245. The molecule has 0 amide bonds. The van der Waals surface area contributed by atoms with Crippen molar-refractivity contribution in [3.05, 3.63) is 0 Å². The van der Waals surface area contributed by atoms with Gasteiger partial charge >= 0.3 is 59.4 Å². The maximum atomic E-state index is 10.4. The molecule has 0 bridgehead atoms. The molecule has 0 aromatic carbocycles. The van der Waals surface area contributed by atoms with Gasteiger partial charge in [0.1, 0.15) is 0 Å². The summed E-state index contributed by atoms with van der Waals surface area (Å²) in [4.78, 5) is 0. The van der Waals surface area contributed by atoms with Crippen molar-refractivity contribution in [3.8, 4) is 0 Å². The van der Waals surface area contributed by atoms with Crippen LogP contribution in [0.4, 0.5) is 0 Å². The summed E-state index contributed by atoms with van der Waals surface area (Å²) in [6.07, 6.45) is -0.157. The van der Waals surface area contributed by atoms with Crippen molar-refractivity contribution in [2.75, 3.05) is 0 Å². The summed E-state index contributed by atoms with van der Waals surface area (Å²) in [5, 5.41) is 0. The van der Waals surface area contributed by atoms with Crippen LogP contribution in [-0.2, 0) is 19.7 Å². The zero-order valence-electron chi connectivity index (χ0n) is 4.60. The first-order chi connectivity index (χ1) is 3.42.